The second-order valence-electron chi connectivity index (χ2n) is 5.78. The van der Waals surface area contributed by atoms with Gasteiger partial charge < -0.3 is 5.32 Å². The monoisotopic (exact) mass is 512 g/mol. The molecule has 1 aromatic heterocycles. The van der Waals surface area contributed by atoms with Crippen molar-refractivity contribution in [2.45, 2.75) is 4.90 Å². The highest BCUT2D eigenvalue weighted by Crippen LogP contribution is 2.29. The van der Waals surface area contributed by atoms with Crippen molar-refractivity contribution in [2.24, 2.45) is 0 Å². The van der Waals surface area contributed by atoms with E-state index < -0.39 is 9.84 Å². The van der Waals surface area contributed by atoms with Crippen molar-refractivity contribution in [3.8, 4) is 11.3 Å². The van der Waals surface area contributed by atoms with Gasteiger partial charge in [0.25, 0.3) is 5.91 Å². The molecule has 0 aliphatic rings. The summed E-state index contributed by atoms with van der Waals surface area (Å²) in [4.78, 5) is 17.1. The number of pyridine rings is 1. The minimum Gasteiger partial charge on any atom is -0.322 e. The predicted octanol–water partition coefficient (Wildman–Crippen LogP) is 4.66. The number of carbonyl (C=O) groups excluding carboxylic acids is 1. The van der Waals surface area contributed by atoms with Crippen LogP contribution in [0.25, 0.3) is 11.3 Å². The van der Waals surface area contributed by atoms with E-state index in [1.54, 1.807) is 24.4 Å². The fourth-order valence-electron chi connectivity index (χ4n) is 2.43. The molecule has 0 fully saturated rings. The van der Waals surface area contributed by atoms with Crippen LogP contribution in [0.5, 0.6) is 0 Å². The second-order valence-corrected chi connectivity index (χ2v) is 9.36. The van der Waals surface area contributed by atoms with Crippen molar-refractivity contribution >= 4 is 55.6 Å². The fourth-order valence-corrected chi connectivity index (χ4v) is 4.26. The average molecular weight is 513 g/mol. The number of benzene rings is 2. The van der Waals surface area contributed by atoms with Crippen LogP contribution in [0.4, 0.5) is 5.69 Å². The molecule has 1 amide bonds. The van der Waals surface area contributed by atoms with E-state index in [0.717, 1.165) is 6.26 Å². The Labute approximate surface area is 175 Å². The number of halogens is 2. The van der Waals surface area contributed by atoms with Crippen molar-refractivity contribution < 1.29 is 13.2 Å². The van der Waals surface area contributed by atoms with Crippen molar-refractivity contribution in [3.05, 3.63) is 75.0 Å². The van der Waals surface area contributed by atoms with Crippen LogP contribution in [0.15, 0.2) is 65.7 Å². The summed E-state index contributed by atoms with van der Waals surface area (Å²) in [6.45, 7) is 0. The first-order valence-corrected chi connectivity index (χ1v) is 11.1. The molecule has 2 aromatic carbocycles. The van der Waals surface area contributed by atoms with Gasteiger partial charge in [-0.2, -0.15) is 0 Å². The molecule has 0 bridgehead atoms. The lowest BCUT2D eigenvalue weighted by Gasteiger charge is -2.10. The van der Waals surface area contributed by atoms with E-state index in [2.05, 4.69) is 10.3 Å². The lowest BCUT2D eigenvalue weighted by molar-refractivity contribution is 0.102. The Morgan fingerprint density at radius 1 is 1.11 bits per heavy atom. The Bertz CT molecular complexity index is 1120. The molecule has 8 heteroatoms. The van der Waals surface area contributed by atoms with Gasteiger partial charge in [-0.25, -0.2) is 8.42 Å². The maximum Gasteiger partial charge on any atom is 0.256 e. The van der Waals surface area contributed by atoms with Crippen LogP contribution in [-0.4, -0.2) is 25.6 Å². The van der Waals surface area contributed by atoms with Crippen LogP contribution in [0, 0.1) is 3.57 Å². The molecule has 0 aliphatic carbocycles. The zero-order chi connectivity index (χ0) is 19.6. The van der Waals surface area contributed by atoms with E-state index in [0.29, 0.717) is 31.1 Å². The third kappa shape index (κ3) is 4.66. The Morgan fingerprint density at radius 2 is 1.89 bits per heavy atom. The maximum absolute atomic E-state index is 12.6. The lowest BCUT2D eigenvalue weighted by atomic mass is 10.1. The van der Waals surface area contributed by atoms with Crippen LogP contribution in [0.3, 0.4) is 0 Å². The van der Waals surface area contributed by atoms with Crippen LogP contribution < -0.4 is 5.32 Å². The summed E-state index contributed by atoms with van der Waals surface area (Å²) in [5, 5.41) is 3.34. The molecule has 1 N–H and O–H groups in total. The molecule has 27 heavy (non-hydrogen) atoms. The highest BCUT2D eigenvalue weighted by Gasteiger charge is 2.15. The van der Waals surface area contributed by atoms with Gasteiger partial charge in [0.05, 0.1) is 21.2 Å². The number of sulfone groups is 1. The van der Waals surface area contributed by atoms with Gasteiger partial charge >= 0.3 is 0 Å². The molecule has 0 unspecified atom stereocenters. The van der Waals surface area contributed by atoms with Gasteiger partial charge in [0.15, 0.2) is 9.84 Å². The molecule has 0 spiro atoms. The van der Waals surface area contributed by atoms with E-state index >= 15 is 0 Å². The van der Waals surface area contributed by atoms with Crippen LogP contribution in [0.2, 0.25) is 5.02 Å². The average Bonchev–Trinajstić information content (AvgIpc) is 2.63. The van der Waals surface area contributed by atoms with Crippen molar-refractivity contribution in [1.29, 1.82) is 0 Å². The number of hydrogen-bond donors (Lipinski definition) is 1. The van der Waals surface area contributed by atoms with Gasteiger partial charge in [-0.3, -0.25) is 9.78 Å². The summed E-state index contributed by atoms with van der Waals surface area (Å²) in [5.74, 6) is -0.339. The number of aromatic nitrogens is 1. The summed E-state index contributed by atoms with van der Waals surface area (Å²) in [5.41, 5.74) is 2.35. The smallest absolute Gasteiger partial charge is 0.256 e. The van der Waals surface area contributed by atoms with E-state index in [9.17, 15) is 13.2 Å². The molecule has 5 nitrogen and oxygen atoms in total. The Morgan fingerprint density at radius 3 is 2.52 bits per heavy atom. The SMILES string of the molecule is CS(=O)(=O)c1ccc(C(=O)Nc2ccc(Cl)c(-c3ccccn3)c2)c(I)c1. The third-order valence-corrected chi connectivity index (χ3v) is 6.11. The lowest BCUT2D eigenvalue weighted by Crippen LogP contribution is -2.14. The first kappa shape index (κ1) is 19.8. The quantitative estimate of drug-likeness (QED) is 0.516. The van der Waals surface area contributed by atoms with Crippen molar-refractivity contribution in [3.63, 3.8) is 0 Å². The molecule has 1 heterocycles. The van der Waals surface area contributed by atoms with E-state index in [-0.39, 0.29) is 10.8 Å². The molecule has 138 valence electrons. The number of hydrogen-bond acceptors (Lipinski definition) is 4. The van der Waals surface area contributed by atoms with Gasteiger partial charge in [0.1, 0.15) is 0 Å². The standard InChI is InChI=1S/C19H14ClIN2O3S/c1-27(25,26)13-6-7-14(17(21)11-13)19(24)23-12-5-8-16(20)15(10-12)18-4-2-3-9-22-18/h2-11H,1H3,(H,23,24). The van der Waals surface area contributed by atoms with Gasteiger partial charge in [-0.15, -0.1) is 0 Å². The molecule has 3 aromatic rings. The van der Waals surface area contributed by atoms with E-state index in [1.807, 2.05) is 40.8 Å². The van der Waals surface area contributed by atoms with Crippen molar-refractivity contribution in [2.75, 3.05) is 11.6 Å². The topological polar surface area (TPSA) is 76.1 Å². The van der Waals surface area contributed by atoms with Gasteiger partial charge in [-0.05, 0) is 71.1 Å². The Hall–Kier alpha value is -1.97. The molecule has 0 radical (unpaired) electrons. The molecule has 0 saturated heterocycles. The second kappa shape index (κ2) is 7.95. The zero-order valence-corrected chi connectivity index (χ0v) is 17.8. The highest BCUT2D eigenvalue weighted by atomic mass is 127. The first-order chi connectivity index (χ1) is 12.8. The molecular weight excluding hydrogens is 499 g/mol. The number of anilines is 1. The predicted molar refractivity (Wildman–Crippen MR) is 115 cm³/mol. The Balaban J connectivity index is 1.89. The third-order valence-electron chi connectivity index (χ3n) is 3.78. The number of carbonyl (C=O) groups is 1. The molecule has 0 aliphatic heterocycles. The van der Waals surface area contributed by atoms with Gasteiger partial charge in [0.2, 0.25) is 0 Å². The maximum atomic E-state index is 12.6. The minimum absolute atomic E-state index is 0.174. The summed E-state index contributed by atoms with van der Waals surface area (Å²) in [6.07, 6.45) is 2.80. The van der Waals surface area contributed by atoms with Crippen LogP contribution in [-0.2, 0) is 9.84 Å². The summed E-state index contributed by atoms with van der Waals surface area (Å²) >= 11 is 8.21. The molecule has 0 saturated carbocycles. The normalized spacial score (nSPS) is 11.2. The highest BCUT2D eigenvalue weighted by molar-refractivity contribution is 14.1. The van der Waals surface area contributed by atoms with Gasteiger partial charge in [0, 0.05) is 27.3 Å². The van der Waals surface area contributed by atoms with Crippen molar-refractivity contribution in [1.82, 2.24) is 4.98 Å². The summed E-state index contributed by atoms with van der Waals surface area (Å²) in [6, 6.07) is 15.0. The van der Waals surface area contributed by atoms with E-state index in [1.165, 1.54) is 18.2 Å². The number of rotatable bonds is 4. The zero-order valence-electron chi connectivity index (χ0n) is 14.1. The number of nitrogens with one attached hydrogen (secondary N) is 1. The van der Waals surface area contributed by atoms with Crippen LogP contribution in [0.1, 0.15) is 10.4 Å². The molecular formula is C19H14ClIN2O3S. The minimum atomic E-state index is -3.33. The van der Waals surface area contributed by atoms with E-state index in [4.69, 9.17) is 11.6 Å². The number of amides is 1. The largest absolute Gasteiger partial charge is 0.322 e. The summed E-state index contributed by atoms with van der Waals surface area (Å²) < 4.78 is 23.8. The van der Waals surface area contributed by atoms with Gasteiger partial charge in [-0.1, -0.05) is 17.7 Å². The Kier molecular flexibility index (Phi) is 5.83. The number of nitrogens with zero attached hydrogens (tertiary/aromatic N) is 1. The first-order valence-electron chi connectivity index (χ1n) is 7.77. The fraction of sp³-hybridized carbons (Fsp3) is 0.0526. The van der Waals surface area contributed by atoms with Crippen LogP contribution >= 0.6 is 34.2 Å². The molecule has 0 atom stereocenters. The molecule has 3 rings (SSSR count). The summed E-state index contributed by atoms with van der Waals surface area (Å²) in [7, 11) is -3.33.